The minimum atomic E-state index is -0.589. The Hall–Kier alpha value is -1.66. The molecule has 3 rings (SSSR count). The Balaban J connectivity index is 2.18. The zero-order valence-corrected chi connectivity index (χ0v) is 11.2. The number of halogens is 1. The quantitative estimate of drug-likeness (QED) is 0.845. The Morgan fingerprint density at radius 1 is 1.50 bits per heavy atom. The highest BCUT2D eigenvalue weighted by molar-refractivity contribution is 9.10. The molecule has 1 aliphatic heterocycles. The van der Waals surface area contributed by atoms with Crippen LogP contribution in [0.4, 0.5) is 5.69 Å². The molecule has 92 valence electrons. The van der Waals surface area contributed by atoms with Crippen molar-refractivity contribution in [3.05, 3.63) is 40.4 Å². The Morgan fingerprint density at radius 3 is 2.94 bits per heavy atom. The second kappa shape index (κ2) is 3.93. The number of aromatic nitrogens is 2. The maximum atomic E-state index is 11.5. The molecule has 0 fully saturated rings. The van der Waals surface area contributed by atoms with Crippen molar-refractivity contribution in [3.63, 3.8) is 0 Å². The number of aryl methyl sites for hydroxylation is 1. The van der Waals surface area contributed by atoms with E-state index in [4.69, 9.17) is 5.73 Å². The van der Waals surface area contributed by atoms with E-state index in [-0.39, 0.29) is 5.91 Å². The highest BCUT2D eigenvalue weighted by atomic mass is 79.9. The molecular formula is C12H11BrN4O. The van der Waals surface area contributed by atoms with Gasteiger partial charge in [-0.2, -0.15) is 0 Å². The van der Waals surface area contributed by atoms with Gasteiger partial charge in [0.15, 0.2) is 0 Å². The number of benzene rings is 1. The van der Waals surface area contributed by atoms with Gasteiger partial charge in [-0.15, -0.1) is 0 Å². The number of nitrogens with one attached hydrogen (secondary N) is 1. The summed E-state index contributed by atoms with van der Waals surface area (Å²) in [5.41, 5.74) is 8.31. The van der Waals surface area contributed by atoms with Gasteiger partial charge in [-0.25, -0.2) is 4.98 Å². The van der Waals surface area contributed by atoms with E-state index in [1.54, 1.807) is 6.20 Å². The van der Waals surface area contributed by atoms with Crippen LogP contribution in [0.3, 0.4) is 0 Å². The van der Waals surface area contributed by atoms with Crippen LogP contribution in [0, 0.1) is 6.92 Å². The first kappa shape index (κ1) is 11.4. The molecule has 18 heavy (non-hydrogen) atoms. The summed E-state index contributed by atoms with van der Waals surface area (Å²) in [7, 11) is 0. The molecule has 1 unspecified atom stereocenters. The standard InChI is InChI=1S/C12H11BrN4O/c1-6-15-2-3-17(6)10-5-9-7(4-8(10)13)11(14)12(18)16-9/h2-5,11H,14H2,1H3,(H,16,18). The number of fused-ring (bicyclic) bond motifs is 1. The molecule has 1 amide bonds. The van der Waals surface area contributed by atoms with Crippen LogP contribution in [0.15, 0.2) is 29.0 Å². The van der Waals surface area contributed by atoms with Crippen LogP contribution < -0.4 is 11.1 Å². The predicted molar refractivity (Wildman–Crippen MR) is 71.6 cm³/mol. The van der Waals surface area contributed by atoms with Crippen LogP contribution in [0.1, 0.15) is 17.4 Å². The molecule has 2 heterocycles. The lowest BCUT2D eigenvalue weighted by molar-refractivity contribution is -0.116. The van der Waals surface area contributed by atoms with Gasteiger partial charge < -0.3 is 15.6 Å². The molecule has 3 N–H and O–H groups in total. The number of hydrogen-bond acceptors (Lipinski definition) is 3. The van der Waals surface area contributed by atoms with Gasteiger partial charge in [0.25, 0.3) is 0 Å². The van der Waals surface area contributed by atoms with Crippen LogP contribution in [0.2, 0.25) is 0 Å². The lowest BCUT2D eigenvalue weighted by Gasteiger charge is -2.10. The molecule has 1 aromatic carbocycles. The van der Waals surface area contributed by atoms with Gasteiger partial charge in [-0.05, 0) is 35.0 Å². The summed E-state index contributed by atoms with van der Waals surface area (Å²) in [4.78, 5) is 15.7. The van der Waals surface area contributed by atoms with E-state index >= 15 is 0 Å². The summed E-state index contributed by atoms with van der Waals surface area (Å²) in [6.07, 6.45) is 3.61. The van der Waals surface area contributed by atoms with Gasteiger partial charge in [0.1, 0.15) is 11.9 Å². The molecular weight excluding hydrogens is 296 g/mol. The summed E-state index contributed by atoms with van der Waals surface area (Å²) in [5.74, 6) is 0.709. The third-order valence-electron chi connectivity index (χ3n) is 3.08. The van der Waals surface area contributed by atoms with E-state index in [1.807, 2.05) is 29.8 Å². The Bertz CT molecular complexity index is 650. The van der Waals surface area contributed by atoms with E-state index in [9.17, 15) is 4.79 Å². The fraction of sp³-hybridized carbons (Fsp3) is 0.167. The molecule has 1 aliphatic rings. The van der Waals surface area contributed by atoms with Gasteiger partial charge >= 0.3 is 0 Å². The number of anilines is 1. The molecule has 1 aromatic heterocycles. The Morgan fingerprint density at radius 2 is 2.28 bits per heavy atom. The number of amides is 1. The van der Waals surface area contributed by atoms with Crippen molar-refractivity contribution in [2.24, 2.45) is 5.73 Å². The largest absolute Gasteiger partial charge is 0.324 e. The molecule has 6 heteroatoms. The number of carbonyl (C=O) groups is 1. The van der Waals surface area contributed by atoms with Crippen LogP contribution in [-0.2, 0) is 4.79 Å². The fourth-order valence-electron chi connectivity index (χ4n) is 2.11. The van der Waals surface area contributed by atoms with Crippen molar-refractivity contribution >= 4 is 27.5 Å². The average Bonchev–Trinajstić information content (AvgIpc) is 2.86. The number of nitrogens with zero attached hydrogens (tertiary/aromatic N) is 2. The number of imidazole rings is 1. The summed E-state index contributed by atoms with van der Waals surface area (Å²) in [5, 5.41) is 2.78. The van der Waals surface area contributed by atoms with Gasteiger partial charge in [0, 0.05) is 28.1 Å². The molecule has 0 saturated heterocycles. The number of carbonyl (C=O) groups excluding carboxylic acids is 1. The molecule has 1 atom stereocenters. The molecule has 0 spiro atoms. The number of hydrogen-bond donors (Lipinski definition) is 2. The second-order valence-electron chi connectivity index (χ2n) is 4.20. The van der Waals surface area contributed by atoms with E-state index in [1.165, 1.54) is 0 Å². The first-order valence-electron chi connectivity index (χ1n) is 5.48. The van der Waals surface area contributed by atoms with E-state index < -0.39 is 6.04 Å². The summed E-state index contributed by atoms with van der Waals surface area (Å²) < 4.78 is 2.83. The maximum absolute atomic E-state index is 11.5. The van der Waals surface area contributed by atoms with Crippen molar-refractivity contribution in [1.82, 2.24) is 9.55 Å². The zero-order valence-electron chi connectivity index (χ0n) is 9.64. The maximum Gasteiger partial charge on any atom is 0.245 e. The van der Waals surface area contributed by atoms with Crippen molar-refractivity contribution in [3.8, 4) is 5.69 Å². The van der Waals surface area contributed by atoms with E-state index in [0.29, 0.717) is 0 Å². The van der Waals surface area contributed by atoms with E-state index in [0.717, 1.165) is 27.2 Å². The van der Waals surface area contributed by atoms with Gasteiger partial charge in [-0.1, -0.05) is 0 Å². The lowest BCUT2D eigenvalue weighted by Crippen LogP contribution is -2.19. The number of rotatable bonds is 1. The van der Waals surface area contributed by atoms with Gasteiger partial charge in [0.05, 0.1) is 5.69 Å². The normalized spacial score (nSPS) is 17.7. The van der Waals surface area contributed by atoms with Crippen molar-refractivity contribution in [2.45, 2.75) is 13.0 Å². The topological polar surface area (TPSA) is 72.9 Å². The zero-order chi connectivity index (χ0) is 12.9. The predicted octanol–water partition coefficient (Wildman–Crippen LogP) is 1.90. The second-order valence-corrected chi connectivity index (χ2v) is 5.06. The average molecular weight is 307 g/mol. The Kier molecular flexibility index (Phi) is 2.49. The van der Waals surface area contributed by atoms with Crippen LogP contribution >= 0.6 is 15.9 Å². The van der Waals surface area contributed by atoms with Crippen LogP contribution in [-0.4, -0.2) is 15.5 Å². The minimum Gasteiger partial charge on any atom is -0.324 e. The molecule has 0 bridgehead atoms. The SMILES string of the molecule is Cc1nccn1-c1cc2c(cc1Br)C(N)C(=O)N2. The van der Waals surface area contributed by atoms with Gasteiger partial charge in [0.2, 0.25) is 5.91 Å². The molecule has 0 aliphatic carbocycles. The minimum absolute atomic E-state index is 0.170. The highest BCUT2D eigenvalue weighted by Gasteiger charge is 2.28. The van der Waals surface area contributed by atoms with Gasteiger partial charge in [-0.3, -0.25) is 4.79 Å². The van der Waals surface area contributed by atoms with Crippen molar-refractivity contribution < 1.29 is 4.79 Å². The smallest absolute Gasteiger partial charge is 0.245 e. The summed E-state index contributed by atoms with van der Waals surface area (Å²) >= 11 is 3.51. The third-order valence-corrected chi connectivity index (χ3v) is 3.71. The van der Waals surface area contributed by atoms with Crippen LogP contribution in [0.25, 0.3) is 5.69 Å². The molecule has 2 aromatic rings. The molecule has 0 saturated carbocycles. The van der Waals surface area contributed by atoms with E-state index in [2.05, 4.69) is 26.2 Å². The first-order chi connectivity index (χ1) is 8.58. The third kappa shape index (κ3) is 1.57. The highest BCUT2D eigenvalue weighted by Crippen LogP contribution is 2.35. The Labute approximate surface area is 112 Å². The van der Waals surface area contributed by atoms with Crippen LogP contribution in [0.5, 0.6) is 0 Å². The first-order valence-corrected chi connectivity index (χ1v) is 6.27. The number of nitrogens with two attached hydrogens (primary N) is 1. The fourth-order valence-corrected chi connectivity index (χ4v) is 2.66. The lowest BCUT2D eigenvalue weighted by atomic mass is 10.1. The van der Waals surface area contributed by atoms with Crippen molar-refractivity contribution in [2.75, 3.05) is 5.32 Å². The molecule has 5 nitrogen and oxygen atoms in total. The summed E-state index contributed by atoms with van der Waals surface area (Å²) in [6, 6.07) is 3.19. The monoisotopic (exact) mass is 306 g/mol. The molecule has 0 radical (unpaired) electrons. The van der Waals surface area contributed by atoms with Crippen molar-refractivity contribution in [1.29, 1.82) is 0 Å². The summed E-state index contributed by atoms with van der Waals surface area (Å²) in [6.45, 7) is 1.92.